The number of hydrogen-bond acceptors (Lipinski definition) is 3. The van der Waals surface area contributed by atoms with Crippen LogP contribution in [0.25, 0.3) is 0 Å². The summed E-state index contributed by atoms with van der Waals surface area (Å²) in [5, 5.41) is 7.79. The maximum Gasteiger partial charge on any atom is 0.329 e. The molecule has 0 aromatic rings. The number of carbonyl (C=O) groups excluding carboxylic acids is 1. The Morgan fingerprint density at radius 3 is 2.09 bits per heavy atom. The molecule has 5 nitrogen and oxygen atoms in total. The van der Waals surface area contributed by atoms with Crippen LogP contribution < -0.4 is 5.73 Å². The summed E-state index contributed by atoms with van der Waals surface area (Å²) in [5.74, 6) is -1.41. The zero-order chi connectivity index (χ0) is 9.28. The fourth-order valence-corrected chi connectivity index (χ4v) is 0.123. The highest BCUT2D eigenvalue weighted by Gasteiger charge is 1.87. The molecule has 0 spiro atoms. The molecule has 0 atom stereocenters. The summed E-state index contributed by atoms with van der Waals surface area (Å²) >= 11 is 0. The van der Waals surface area contributed by atoms with Gasteiger partial charge in [-0.05, 0) is 6.08 Å². The number of amides is 1. The minimum absolute atomic E-state index is 0.208. The first kappa shape index (κ1) is 12.3. The molecule has 0 heterocycles. The van der Waals surface area contributed by atoms with E-state index in [0.29, 0.717) is 0 Å². The summed E-state index contributed by atoms with van der Waals surface area (Å²) in [6.07, 6.45) is 1.06. The van der Waals surface area contributed by atoms with Gasteiger partial charge in [-0.25, -0.2) is 4.79 Å². The third-order valence-electron chi connectivity index (χ3n) is 0.469. The molecule has 0 aliphatic carbocycles. The van der Waals surface area contributed by atoms with Crippen LogP contribution in [0, 0.1) is 0 Å². The number of primary amides is 1. The van der Waals surface area contributed by atoms with Crippen molar-refractivity contribution in [2.75, 3.05) is 13.7 Å². The number of ether oxygens (including phenoxy) is 1. The normalized spacial score (nSPS) is 7.36. The van der Waals surface area contributed by atoms with Gasteiger partial charge in [0.1, 0.15) is 6.61 Å². The van der Waals surface area contributed by atoms with Gasteiger partial charge < -0.3 is 15.6 Å². The predicted octanol–water partition coefficient (Wildman–Crippen LogP) is -0.625. The van der Waals surface area contributed by atoms with Crippen molar-refractivity contribution in [3.8, 4) is 0 Å². The molecule has 5 heteroatoms. The molecule has 0 unspecified atom stereocenters. The summed E-state index contributed by atoms with van der Waals surface area (Å²) in [6.45, 7) is 2.88. The topological polar surface area (TPSA) is 89.6 Å². The van der Waals surface area contributed by atoms with Crippen molar-refractivity contribution in [3.05, 3.63) is 12.7 Å². The molecule has 11 heavy (non-hydrogen) atoms. The van der Waals surface area contributed by atoms with Crippen LogP contribution in [-0.4, -0.2) is 30.7 Å². The van der Waals surface area contributed by atoms with E-state index in [-0.39, 0.29) is 6.61 Å². The number of rotatable bonds is 3. The van der Waals surface area contributed by atoms with Gasteiger partial charge in [0.25, 0.3) is 0 Å². The number of methoxy groups -OCH3 is 1. The highest BCUT2D eigenvalue weighted by molar-refractivity contribution is 5.84. The molecule has 0 saturated carbocycles. The van der Waals surface area contributed by atoms with Gasteiger partial charge in [-0.2, -0.15) is 0 Å². The van der Waals surface area contributed by atoms with Crippen molar-refractivity contribution >= 4 is 11.9 Å². The number of carboxylic acids is 1. The number of carbonyl (C=O) groups is 2. The summed E-state index contributed by atoms with van der Waals surface area (Å²) in [7, 11) is 1.34. The third kappa shape index (κ3) is 28.8. The summed E-state index contributed by atoms with van der Waals surface area (Å²) in [6, 6.07) is 0. The molecule has 0 radical (unpaired) electrons. The molecule has 0 aliphatic rings. The van der Waals surface area contributed by atoms with Crippen molar-refractivity contribution in [1.82, 2.24) is 0 Å². The van der Waals surface area contributed by atoms with Gasteiger partial charge in [-0.15, -0.1) is 0 Å². The van der Waals surface area contributed by atoms with Gasteiger partial charge >= 0.3 is 5.97 Å². The quantitative estimate of drug-likeness (QED) is 0.539. The van der Waals surface area contributed by atoms with Crippen LogP contribution in [0.4, 0.5) is 0 Å². The molecular weight excluding hydrogens is 150 g/mol. The van der Waals surface area contributed by atoms with Crippen LogP contribution in [0.2, 0.25) is 0 Å². The van der Waals surface area contributed by atoms with Crippen molar-refractivity contribution < 1.29 is 19.4 Å². The van der Waals surface area contributed by atoms with Crippen LogP contribution in [0.1, 0.15) is 0 Å². The van der Waals surface area contributed by atoms with Gasteiger partial charge in [0.05, 0.1) is 0 Å². The zero-order valence-electron chi connectivity index (χ0n) is 6.24. The number of aliphatic carboxylic acids is 1. The van der Waals surface area contributed by atoms with E-state index in [2.05, 4.69) is 17.0 Å². The second kappa shape index (κ2) is 8.64. The Morgan fingerprint density at radius 2 is 2.09 bits per heavy atom. The van der Waals surface area contributed by atoms with Gasteiger partial charge in [-0.1, -0.05) is 6.58 Å². The standard InChI is InChI=1S/C3H5NO.C3H6O3/c1-2-3(4)5;1-6-2-3(4)5/h2H,1H2,(H2,4,5);2H2,1H3,(H,4,5). The van der Waals surface area contributed by atoms with Crippen LogP contribution in [0.3, 0.4) is 0 Å². The second-order valence-corrected chi connectivity index (χ2v) is 1.43. The van der Waals surface area contributed by atoms with E-state index in [9.17, 15) is 9.59 Å². The van der Waals surface area contributed by atoms with Crippen LogP contribution in [0.15, 0.2) is 12.7 Å². The monoisotopic (exact) mass is 161 g/mol. The number of carboxylic acid groups (broad SMARTS) is 1. The van der Waals surface area contributed by atoms with Gasteiger partial charge in [0.15, 0.2) is 0 Å². The lowest BCUT2D eigenvalue weighted by Crippen LogP contribution is -2.04. The van der Waals surface area contributed by atoms with E-state index < -0.39 is 11.9 Å². The lowest BCUT2D eigenvalue weighted by molar-refractivity contribution is -0.141. The molecule has 0 aromatic heterocycles. The Hall–Kier alpha value is -1.36. The molecule has 0 saturated heterocycles. The average Bonchev–Trinajstić information content (AvgIpc) is 1.89. The molecule has 64 valence electrons. The highest BCUT2D eigenvalue weighted by Crippen LogP contribution is 1.61. The Bertz CT molecular complexity index is 144. The molecule has 3 N–H and O–H groups in total. The Morgan fingerprint density at radius 1 is 1.73 bits per heavy atom. The van der Waals surface area contributed by atoms with Crippen LogP contribution in [-0.2, 0) is 14.3 Å². The van der Waals surface area contributed by atoms with E-state index in [1.165, 1.54) is 7.11 Å². The average molecular weight is 161 g/mol. The smallest absolute Gasteiger partial charge is 0.329 e. The Kier molecular flexibility index (Phi) is 9.68. The molecule has 1 amide bonds. The third-order valence-corrected chi connectivity index (χ3v) is 0.469. The first-order valence-electron chi connectivity index (χ1n) is 2.67. The molecule has 0 rings (SSSR count). The predicted molar refractivity (Wildman–Crippen MR) is 38.9 cm³/mol. The SMILES string of the molecule is C=CC(N)=O.COCC(=O)O. The fraction of sp³-hybridized carbons (Fsp3) is 0.333. The highest BCUT2D eigenvalue weighted by atomic mass is 16.5. The molecule has 0 fully saturated rings. The van der Waals surface area contributed by atoms with Crippen molar-refractivity contribution in [2.24, 2.45) is 5.73 Å². The lowest BCUT2D eigenvalue weighted by Gasteiger charge is -1.83. The molecule has 0 aliphatic heterocycles. The lowest BCUT2D eigenvalue weighted by atomic mass is 10.6. The molecule has 0 aromatic carbocycles. The molecular formula is C6H11NO4. The van der Waals surface area contributed by atoms with Crippen molar-refractivity contribution in [2.45, 2.75) is 0 Å². The van der Waals surface area contributed by atoms with E-state index in [4.69, 9.17) is 5.11 Å². The summed E-state index contributed by atoms with van der Waals surface area (Å²) in [4.78, 5) is 18.9. The summed E-state index contributed by atoms with van der Waals surface area (Å²) in [5.41, 5.74) is 4.53. The fourth-order valence-electron chi connectivity index (χ4n) is 0.123. The van der Waals surface area contributed by atoms with Crippen LogP contribution in [0.5, 0.6) is 0 Å². The molecule has 0 bridgehead atoms. The Balaban J connectivity index is 0. The first-order valence-corrected chi connectivity index (χ1v) is 2.67. The van der Waals surface area contributed by atoms with E-state index in [1.54, 1.807) is 0 Å². The second-order valence-electron chi connectivity index (χ2n) is 1.43. The van der Waals surface area contributed by atoms with E-state index in [1.807, 2.05) is 0 Å². The van der Waals surface area contributed by atoms with Gasteiger partial charge in [0, 0.05) is 7.11 Å². The van der Waals surface area contributed by atoms with Gasteiger partial charge in [-0.3, -0.25) is 4.79 Å². The summed E-state index contributed by atoms with van der Waals surface area (Å²) < 4.78 is 4.20. The van der Waals surface area contributed by atoms with Crippen molar-refractivity contribution in [1.29, 1.82) is 0 Å². The minimum atomic E-state index is -0.933. The first-order chi connectivity index (χ1) is 5.04. The van der Waals surface area contributed by atoms with E-state index >= 15 is 0 Å². The Labute approximate surface area is 64.5 Å². The maximum absolute atomic E-state index is 9.47. The van der Waals surface area contributed by atoms with Crippen LogP contribution >= 0.6 is 0 Å². The van der Waals surface area contributed by atoms with E-state index in [0.717, 1.165) is 6.08 Å². The number of hydrogen-bond donors (Lipinski definition) is 2. The zero-order valence-corrected chi connectivity index (χ0v) is 6.24. The largest absolute Gasteiger partial charge is 0.480 e. The maximum atomic E-state index is 9.47. The van der Waals surface area contributed by atoms with Crippen molar-refractivity contribution in [3.63, 3.8) is 0 Å². The minimum Gasteiger partial charge on any atom is -0.480 e. The number of nitrogens with two attached hydrogens (primary N) is 1. The van der Waals surface area contributed by atoms with Gasteiger partial charge in [0.2, 0.25) is 5.91 Å².